The van der Waals surface area contributed by atoms with Crippen LogP contribution in [0.25, 0.3) is 10.8 Å². The summed E-state index contributed by atoms with van der Waals surface area (Å²) in [5.41, 5.74) is 1.15. The number of hydrogen-bond donors (Lipinski definition) is 2. The van der Waals surface area contributed by atoms with Gasteiger partial charge in [-0.2, -0.15) is 0 Å². The third kappa shape index (κ3) is 5.36. The fraction of sp³-hybridized carbons (Fsp3) is 0.478. The summed E-state index contributed by atoms with van der Waals surface area (Å²) in [7, 11) is 0. The highest BCUT2D eigenvalue weighted by Gasteiger charge is 2.31. The van der Waals surface area contributed by atoms with Crippen LogP contribution in [0.2, 0.25) is 0 Å². The number of nitrogens with zero attached hydrogens (tertiary/aromatic N) is 2. The van der Waals surface area contributed by atoms with Crippen LogP contribution in [0, 0.1) is 0 Å². The third-order valence-electron chi connectivity index (χ3n) is 5.87. The monoisotopic (exact) mass is 410 g/mol. The molecule has 160 valence electrons. The van der Waals surface area contributed by atoms with Gasteiger partial charge in [-0.1, -0.05) is 36.4 Å². The number of fused-ring (bicyclic) bond motifs is 1. The third-order valence-corrected chi connectivity index (χ3v) is 5.87. The molecule has 0 aromatic heterocycles. The molecule has 2 heterocycles. The Kier molecular flexibility index (Phi) is 6.94. The van der Waals surface area contributed by atoms with Crippen molar-refractivity contribution in [3.8, 4) is 0 Å². The maximum Gasteiger partial charge on any atom is 0.237 e. The molecule has 2 aliphatic heterocycles. The first kappa shape index (κ1) is 20.8. The highest BCUT2D eigenvalue weighted by Crippen LogP contribution is 2.19. The SMILES string of the molecule is O=C(C[C@H]1C(=O)NCCN1Cc1ccc2ccccc2c1)NCCN1CCOCC1. The summed E-state index contributed by atoms with van der Waals surface area (Å²) in [6.07, 6.45) is 0.183. The lowest BCUT2D eigenvalue weighted by molar-refractivity contribution is -0.134. The second kappa shape index (κ2) is 10.0. The topological polar surface area (TPSA) is 73.9 Å². The van der Waals surface area contributed by atoms with E-state index in [0.717, 1.165) is 45.0 Å². The molecular formula is C23H30N4O3. The number of morpholine rings is 1. The summed E-state index contributed by atoms with van der Waals surface area (Å²) >= 11 is 0. The van der Waals surface area contributed by atoms with Crippen LogP contribution in [-0.4, -0.2) is 80.1 Å². The summed E-state index contributed by atoms with van der Waals surface area (Å²) in [6.45, 7) is 6.72. The van der Waals surface area contributed by atoms with Crippen molar-refractivity contribution in [2.45, 2.75) is 19.0 Å². The molecule has 7 nitrogen and oxygen atoms in total. The first-order valence-electron chi connectivity index (χ1n) is 10.8. The molecule has 2 saturated heterocycles. The molecule has 2 aromatic rings. The van der Waals surface area contributed by atoms with Crippen LogP contribution in [0.5, 0.6) is 0 Å². The molecule has 0 unspecified atom stereocenters. The second-order valence-corrected chi connectivity index (χ2v) is 7.97. The lowest BCUT2D eigenvalue weighted by atomic mass is 10.0. The molecule has 2 N–H and O–H groups in total. The number of amides is 2. The Morgan fingerprint density at radius 3 is 2.73 bits per heavy atom. The fourth-order valence-corrected chi connectivity index (χ4v) is 4.17. The van der Waals surface area contributed by atoms with Gasteiger partial charge >= 0.3 is 0 Å². The number of nitrogens with one attached hydrogen (secondary N) is 2. The highest BCUT2D eigenvalue weighted by atomic mass is 16.5. The van der Waals surface area contributed by atoms with Gasteiger partial charge in [0.25, 0.3) is 0 Å². The Hall–Kier alpha value is -2.48. The van der Waals surface area contributed by atoms with Crippen LogP contribution >= 0.6 is 0 Å². The van der Waals surface area contributed by atoms with E-state index in [9.17, 15) is 9.59 Å². The number of rotatable bonds is 7. The summed E-state index contributed by atoms with van der Waals surface area (Å²) < 4.78 is 5.34. The largest absolute Gasteiger partial charge is 0.379 e. The Morgan fingerprint density at radius 2 is 1.90 bits per heavy atom. The van der Waals surface area contributed by atoms with Crippen molar-refractivity contribution in [3.05, 3.63) is 48.0 Å². The molecule has 2 fully saturated rings. The summed E-state index contributed by atoms with van der Waals surface area (Å²) in [6, 6.07) is 14.2. The van der Waals surface area contributed by atoms with E-state index in [4.69, 9.17) is 4.74 Å². The minimum atomic E-state index is -0.436. The molecule has 0 aliphatic carbocycles. The van der Waals surface area contributed by atoms with Gasteiger partial charge in [0.1, 0.15) is 0 Å². The summed E-state index contributed by atoms with van der Waals surface area (Å²) in [5.74, 6) is -0.140. The first-order valence-corrected chi connectivity index (χ1v) is 10.8. The molecule has 0 radical (unpaired) electrons. The van der Waals surface area contributed by atoms with E-state index in [2.05, 4.69) is 50.8 Å². The number of benzene rings is 2. The summed E-state index contributed by atoms with van der Waals surface area (Å²) in [4.78, 5) is 29.4. The van der Waals surface area contributed by atoms with Gasteiger partial charge in [-0.3, -0.25) is 19.4 Å². The van der Waals surface area contributed by atoms with E-state index >= 15 is 0 Å². The Bertz CT molecular complexity index is 882. The molecule has 0 saturated carbocycles. The minimum absolute atomic E-state index is 0.0645. The second-order valence-electron chi connectivity index (χ2n) is 7.97. The highest BCUT2D eigenvalue weighted by molar-refractivity contribution is 5.89. The van der Waals surface area contributed by atoms with Gasteiger partial charge in [0.05, 0.1) is 25.7 Å². The molecule has 7 heteroatoms. The van der Waals surface area contributed by atoms with Crippen molar-refractivity contribution in [1.82, 2.24) is 20.4 Å². The van der Waals surface area contributed by atoms with E-state index in [1.165, 1.54) is 10.8 Å². The first-order chi connectivity index (χ1) is 14.7. The number of carbonyl (C=O) groups is 2. The van der Waals surface area contributed by atoms with Crippen molar-refractivity contribution in [2.24, 2.45) is 0 Å². The van der Waals surface area contributed by atoms with Crippen molar-refractivity contribution >= 4 is 22.6 Å². The predicted octanol–water partition coefficient (Wildman–Crippen LogP) is 0.979. The quantitative estimate of drug-likeness (QED) is 0.712. The molecular weight excluding hydrogens is 380 g/mol. The van der Waals surface area contributed by atoms with Gasteiger partial charge in [-0.15, -0.1) is 0 Å². The van der Waals surface area contributed by atoms with Gasteiger partial charge in [0, 0.05) is 45.8 Å². The van der Waals surface area contributed by atoms with Crippen LogP contribution in [0.4, 0.5) is 0 Å². The number of ether oxygens (including phenoxy) is 1. The smallest absolute Gasteiger partial charge is 0.237 e. The molecule has 30 heavy (non-hydrogen) atoms. The standard InChI is InChI=1S/C23H30N4O3/c28-22(24-7-9-26-11-13-30-14-12-26)16-21-23(29)25-8-10-27(21)17-18-5-6-19-3-1-2-4-20(19)15-18/h1-6,15,21H,7-14,16-17H2,(H,24,28)(H,25,29)/t21-/m0/s1. The molecule has 2 aromatic carbocycles. The van der Waals surface area contributed by atoms with E-state index in [-0.39, 0.29) is 18.2 Å². The zero-order valence-corrected chi connectivity index (χ0v) is 17.3. The molecule has 4 rings (SSSR count). The maximum atomic E-state index is 12.5. The van der Waals surface area contributed by atoms with Crippen molar-refractivity contribution < 1.29 is 14.3 Å². The lowest BCUT2D eigenvalue weighted by Crippen LogP contribution is -2.56. The zero-order chi connectivity index (χ0) is 20.8. The minimum Gasteiger partial charge on any atom is -0.379 e. The molecule has 2 amide bonds. The van der Waals surface area contributed by atoms with Crippen LogP contribution in [-0.2, 0) is 20.9 Å². The van der Waals surface area contributed by atoms with E-state index in [1.807, 2.05) is 12.1 Å². The Morgan fingerprint density at radius 1 is 1.10 bits per heavy atom. The van der Waals surface area contributed by atoms with E-state index in [0.29, 0.717) is 19.6 Å². The van der Waals surface area contributed by atoms with Crippen LogP contribution in [0.1, 0.15) is 12.0 Å². The molecule has 2 aliphatic rings. The van der Waals surface area contributed by atoms with E-state index < -0.39 is 6.04 Å². The van der Waals surface area contributed by atoms with Crippen LogP contribution in [0.3, 0.4) is 0 Å². The fourth-order valence-electron chi connectivity index (χ4n) is 4.17. The maximum absolute atomic E-state index is 12.5. The van der Waals surface area contributed by atoms with Gasteiger partial charge in [0.2, 0.25) is 11.8 Å². The van der Waals surface area contributed by atoms with Gasteiger partial charge in [0.15, 0.2) is 0 Å². The van der Waals surface area contributed by atoms with Crippen molar-refractivity contribution in [3.63, 3.8) is 0 Å². The predicted molar refractivity (Wildman–Crippen MR) is 116 cm³/mol. The average Bonchev–Trinajstić information content (AvgIpc) is 2.77. The Labute approximate surface area is 177 Å². The lowest BCUT2D eigenvalue weighted by Gasteiger charge is -2.34. The summed E-state index contributed by atoms with van der Waals surface area (Å²) in [5, 5.41) is 8.28. The van der Waals surface area contributed by atoms with Crippen molar-refractivity contribution in [2.75, 3.05) is 52.5 Å². The normalized spacial score (nSPS) is 20.8. The van der Waals surface area contributed by atoms with Crippen molar-refractivity contribution in [1.29, 1.82) is 0 Å². The van der Waals surface area contributed by atoms with E-state index in [1.54, 1.807) is 0 Å². The molecule has 0 spiro atoms. The van der Waals surface area contributed by atoms with Gasteiger partial charge in [-0.05, 0) is 22.4 Å². The number of hydrogen-bond acceptors (Lipinski definition) is 5. The average molecular weight is 411 g/mol. The van der Waals surface area contributed by atoms with Gasteiger partial charge < -0.3 is 15.4 Å². The van der Waals surface area contributed by atoms with Gasteiger partial charge in [-0.25, -0.2) is 0 Å². The Balaban J connectivity index is 1.33. The zero-order valence-electron chi connectivity index (χ0n) is 17.3. The number of carbonyl (C=O) groups excluding carboxylic acids is 2. The van der Waals surface area contributed by atoms with Crippen LogP contribution < -0.4 is 10.6 Å². The molecule has 1 atom stereocenters. The molecule has 0 bridgehead atoms. The van der Waals surface area contributed by atoms with Crippen LogP contribution in [0.15, 0.2) is 42.5 Å². The number of piperazine rings is 1.